The van der Waals surface area contributed by atoms with Crippen molar-refractivity contribution in [3.63, 3.8) is 0 Å². The van der Waals surface area contributed by atoms with Gasteiger partial charge < -0.3 is 25.2 Å². The maximum atomic E-state index is 13.9. The summed E-state index contributed by atoms with van der Waals surface area (Å²) in [4.78, 5) is 49.2. The van der Waals surface area contributed by atoms with Crippen LogP contribution in [-0.2, 0) is 97.6 Å². The number of rotatable bonds is 28. The largest absolute Gasteiger partial charge is 0.495 e. The summed E-state index contributed by atoms with van der Waals surface area (Å²) in [6, 6.07) is 59.4. The minimum atomic E-state index is -4.67. The molecule has 0 bridgehead atoms. The van der Waals surface area contributed by atoms with E-state index < -0.39 is 113 Å². The highest BCUT2D eigenvalue weighted by atomic mass is 32.2. The minimum Gasteiger partial charge on any atom is -0.495 e. The number of benzene rings is 11. The van der Waals surface area contributed by atoms with E-state index in [9.17, 15) is 99.3 Å². The number of sulfone groups is 5. The molecule has 0 radical (unpaired) electrons. The van der Waals surface area contributed by atoms with E-state index in [1.54, 1.807) is 99.0 Å². The Hall–Kier alpha value is -14.1. The van der Waals surface area contributed by atoms with E-state index in [2.05, 4.69) is 36.0 Å². The Morgan fingerprint density at radius 3 is 1.24 bits per heavy atom. The zero-order chi connectivity index (χ0) is 94.4. The lowest BCUT2D eigenvalue weighted by molar-refractivity contribution is -0.137. The number of alkyl halides is 3. The number of carboxylic acid groups (broad SMARTS) is 4. The maximum absolute atomic E-state index is 13.9. The van der Waals surface area contributed by atoms with Crippen LogP contribution in [0, 0.1) is 5.82 Å². The molecule has 672 valence electrons. The molecular formula is C93H83F4N9O19S5. The first-order valence-electron chi connectivity index (χ1n) is 39.5. The zero-order valence-corrected chi connectivity index (χ0v) is 74.4. The molecule has 0 aliphatic rings. The van der Waals surface area contributed by atoms with Crippen molar-refractivity contribution in [3.05, 3.63) is 340 Å². The number of aryl methyl sites for hydroxylation is 3. The molecule has 14 aromatic rings. The summed E-state index contributed by atoms with van der Waals surface area (Å²) in [5.74, 6) is -7.46. The molecule has 0 fully saturated rings. The predicted octanol–water partition coefficient (Wildman–Crippen LogP) is 16.8. The SMILES string of the molecule is CCc1ccc(C(=O)O)cc1S(=O)(=O)Cc1cc(-n2cnnn2)ccc1-c1cccc(F)c1.CCc1ccc(C(=O)O)cc1S(=O)(=O)Cc1cc(-n2cnnn2)ccc1-c1ccccc1.CCc1ccc(C(=O)O)cc1S(=O)(=O)Cc1cc(S(C)(=O)=O)ccc1-c1cccnc1.COc1ccc(C(=O)O)cc1S(=O)(=O)Cc1cc(C(F)(F)F)ccc1-c1ccccc1C(C)C. The number of aromatic nitrogens is 9. The number of pyridine rings is 1. The number of methoxy groups -OCH3 is 1. The molecule has 0 aliphatic heterocycles. The number of ether oxygens (including phenoxy) is 1. The Morgan fingerprint density at radius 1 is 0.408 bits per heavy atom. The second-order valence-electron chi connectivity index (χ2n) is 29.7. The molecule has 0 atom stereocenters. The van der Waals surface area contributed by atoms with Gasteiger partial charge in [0.2, 0.25) is 0 Å². The number of hydrogen-bond acceptors (Lipinski definition) is 22. The lowest BCUT2D eigenvalue weighted by Gasteiger charge is -2.19. The van der Waals surface area contributed by atoms with Gasteiger partial charge in [-0.1, -0.05) is 150 Å². The molecule has 130 heavy (non-hydrogen) atoms. The topological polar surface area (TPSA) is 429 Å². The summed E-state index contributed by atoms with van der Waals surface area (Å²) in [6.45, 7) is 9.27. The van der Waals surface area contributed by atoms with Gasteiger partial charge >= 0.3 is 30.1 Å². The third kappa shape index (κ3) is 23.4. The fourth-order valence-electron chi connectivity index (χ4n) is 14.2. The summed E-state index contributed by atoms with van der Waals surface area (Å²) in [5.41, 5.74) is 8.06. The number of tetrazole rings is 2. The monoisotopic (exact) mass is 1870 g/mol. The van der Waals surface area contributed by atoms with Crippen LogP contribution in [0.1, 0.15) is 132 Å². The highest BCUT2D eigenvalue weighted by Crippen LogP contribution is 2.41. The molecule has 14 rings (SSSR count). The van der Waals surface area contributed by atoms with Gasteiger partial charge in [-0.05, 0) is 251 Å². The second kappa shape index (κ2) is 40.9. The van der Waals surface area contributed by atoms with Crippen molar-refractivity contribution in [2.45, 2.75) is 113 Å². The molecule has 3 heterocycles. The Bertz CT molecular complexity index is 7200. The van der Waals surface area contributed by atoms with Crippen molar-refractivity contribution >= 4 is 73.1 Å². The zero-order valence-electron chi connectivity index (χ0n) is 70.3. The first kappa shape index (κ1) is 96.5. The second-order valence-corrected chi connectivity index (χ2v) is 39.5. The fraction of sp³-hybridized carbons (Fsp3) is 0.172. The van der Waals surface area contributed by atoms with Crippen molar-refractivity contribution in [2.24, 2.45) is 0 Å². The third-order valence-corrected chi connectivity index (χ3v) is 28.6. The first-order valence-corrected chi connectivity index (χ1v) is 48.0. The number of carboxylic acids is 4. The molecule has 37 heteroatoms. The number of carbonyl (C=O) groups is 4. The van der Waals surface area contributed by atoms with Crippen LogP contribution in [0.2, 0.25) is 0 Å². The van der Waals surface area contributed by atoms with Crippen LogP contribution in [0.15, 0.2) is 286 Å². The third-order valence-electron chi connectivity index (χ3n) is 20.6. The van der Waals surface area contributed by atoms with Crippen LogP contribution in [0.4, 0.5) is 17.6 Å². The Labute approximate surface area is 745 Å². The van der Waals surface area contributed by atoms with E-state index in [0.29, 0.717) is 97.4 Å². The Kier molecular flexibility index (Phi) is 30.3. The normalized spacial score (nSPS) is 11.7. The van der Waals surface area contributed by atoms with E-state index in [-0.39, 0.29) is 64.8 Å². The van der Waals surface area contributed by atoms with Crippen molar-refractivity contribution in [3.8, 4) is 61.6 Å². The molecule has 11 aromatic carbocycles. The van der Waals surface area contributed by atoms with Gasteiger partial charge in [-0.25, -0.2) is 75.0 Å². The van der Waals surface area contributed by atoms with Crippen molar-refractivity contribution < 1.29 is 104 Å². The van der Waals surface area contributed by atoms with Crippen LogP contribution < -0.4 is 4.74 Å². The number of hydrogen-bond donors (Lipinski definition) is 4. The van der Waals surface area contributed by atoms with Crippen LogP contribution in [0.25, 0.3) is 55.9 Å². The standard InChI is InChI=1S/C25H23F3O5S.C23H19FN4O4S.C23H20N4O4S.C22H21NO6S2/c1-15(2)19-6-4-5-7-21(19)20-10-9-18(25(26,27)28)12-17(20)14-34(31,32)23-13-16(24(29)30)8-11-22(23)33-3;1-2-15-6-7-17(23(29)30)12-22(15)33(31,32)13-18-11-20(28-14-25-26-27-28)8-9-21(18)16-4-3-5-19(24)10-16;1-2-16-8-9-18(23(28)29)13-22(16)32(30,31)14-19-12-20(27-15-24-25-26-27)10-11-21(19)17-6-4-3-5-7-17;1-3-15-6-7-16(22(24)25)12-21(15)31(28,29)14-18-11-19(30(2,26)27)8-9-20(18)17-5-4-10-23-13-17/h4-13,15H,14H2,1-3H3,(H,29,30);3-12,14H,2,13H2,1H3,(H,29,30);3-13,15H,2,14H2,1H3,(H,28,29);4-13H,3,14H2,1-2H3,(H,24,25). The van der Waals surface area contributed by atoms with Crippen molar-refractivity contribution in [2.75, 3.05) is 13.4 Å². The fourth-order valence-corrected chi connectivity index (χ4v) is 21.6. The van der Waals surface area contributed by atoms with Gasteiger partial charge in [0.25, 0.3) is 0 Å². The van der Waals surface area contributed by atoms with E-state index in [0.717, 1.165) is 47.2 Å². The summed E-state index contributed by atoms with van der Waals surface area (Å²) in [7, 11) is -18.4. The molecule has 28 nitrogen and oxygen atoms in total. The highest BCUT2D eigenvalue weighted by molar-refractivity contribution is 7.92. The highest BCUT2D eigenvalue weighted by Gasteiger charge is 2.34. The van der Waals surface area contributed by atoms with Crippen LogP contribution in [-0.4, -0.2) is 145 Å². The quantitative estimate of drug-likeness (QED) is 0.0331. The maximum Gasteiger partial charge on any atom is 0.416 e. The van der Waals surface area contributed by atoms with E-state index >= 15 is 0 Å². The van der Waals surface area contributed by atoms with Gasteiger partial charge in [0.1, 0.15) is 29.1 Å². The van der Waals surface area contributed by atoms with Gasteiger partial charge in [0, 0.05) is 24.2 Å². The molecule has 0 spiro atoms. The Morgan fingerprint density at radius 2 is 0.815 bits per heavy atom. The predicted molar refractivity (Wildman–Crippen MR) is 475 cm³/mol. The van der Waals surface area contributed by atoms with Gasteiger partial charge in [-0.3, -0.25) is 4.98 Å². The first-order chi connectivity index (χ1) is 61.5. The molecule has 0 aliphatic carbocycles. The number of halogens is 4. The molecule has 3 aromatic heterocycles. The van der Waals surface area contributed by atoms with Crippen molar-refractivity contribution in [1.82, 2.24) is 45.4 Å². The van der Waals surface area contributed by atoms with Crippen LogP contribution in [0.3, 0.4) is 0 Å². The van der Waals surface area contributed by atoms with Gasteiger partial charge in [0.15, 0.2) is 49.2 Å². The average molecular weight is 1870 g/mol. The molecule has 0 saturated carbocycles. The summed E-state index contributed by atoms with van der Waals surface area (Å²) in [6.07, 6.45) is 3.60. The van der Waals surface area contributed by atoms with E-state index in [1.807, 2.05) is 75.4 Å². The van der Waals surface area contributed by atoms with Gasteiger partial charge in [-0.2, -0.15) is 13.2 Å². The molecule has 0 unspecified atom stereocenters. The molecule has 0 amide bonds. The van der Waals surface area contributed by atoms with Gasteiger partial charge in [0.05, 0.1) is 88.9 Å². The molecular weight excluding hydrogens is 1780 g/mol. The van der Waals surface area contributed by atoms with Crippen molar-refractivity contribution in [1.29, 1.82) is 0 Å². The van der Waals surface area contributed by atoms with E-state index in [1.165, 1.54) is 114 Å². The lowest BCUT2D eigenvalue weighted by Crippen LogP contribution is -2.12. The van der Waals surface area contributed by atoms with Crippen LogP contribution in [0.5, 0.6) is 5.75 Å². The summed E-state index contributed by atoms with van der Waals surface area (Å²) >= 11 is 0. The average Bonchev–Trinajstić information content (AvgIpc) is 1.61. The Balaban J connectivity index is 0.000000168. The smallest absolute Gasteiger partial charge is 0.416 e. The summed E-state index contributed by atoms with van der Waals surface area (Å²) < 4.78 is 194. The summed E-state index contributed by atoms with van der Waals surface area (Å²) in [5, 5.41) is 59.4. The lowest BCUT2D eigenvalue weighted by atomic mass is 9.90. The molecule has 4 N–H and O–H groups in total. The number of aromatic carboxylic acids is 4. The van der Waals surface area contributed by atoms with E-state index in [4.69, 9.17) is 4.74 Å². The van der Waals surface area contributed by atoms with Gasteiger partial charge in [-0.15, -0.1) is 10.2 Å². The molecule has 0 saturated heterocycles. The van der Waals surface area contributed by atoms with Crippen LogP contribution >= 0.6 is 0 Å². The minimum absolute atomic E-state index is 0.000317. The number of nitrogens with zero attached hydrogens (tertiary/aromatic N) is 9.